The SMILES string of the molecule is CC(C)CCCCCCCCCCCCCCC(=O)O[C@H](COC(=O)CCCCCCCCCC(C)C)COP(=O)(O)OCC(O)COP(=O)(O)OC[C@@H](COC(=O)CCCCCCCCCCC(C)C)OC(=O)CCCCCCCCCCCC(C)C. The third kappa shape index (κ3) is 62.8. The summed E-state index contributed by atoms with van der Waals surface area (Å²) in [5.74, 6) is 0.812. The van der Waals surface area contributed by atoms with Crippen molar-refractivity contribution in [3.05, 3.63) is 0 Å². The lowest BCUT2D eigenvalue weighted by Gasteiger charge is -2.21. The summed E-state index contributed by atoms with van der Waals surface area (Å²) < 4.78 is 68.2. The van der Waals surface area contributed by atoms with Gasteiger partial charge in [0, 0.05) is 25.7 Å². The van der Waals surface area contributed by atoms with E-state index in [0.717, 1.165) is 114 Å². The quantitative estimate of drug-likeness (QED) is 0.0222. The zero-order chi connectivity index (χ0) is 65.4. The summed E-state index contributed by atoms with van der Waals surface area (Å²) in [6, 6.07) is 0. The Morgan fingerprint density at radius 3 is 0.705 bits per heavy atom. The van der Waals surface area contributed by atoms with Gasteiger partial charge < -0.3 is 33.8 Å². The van der Waals surface area contributed by atoms with E-state index in [1.807, 2.05) is 0 Å². The van der Waals surface area contributed by atoms with Crippen LogP contribution in [0.3, 0.4) is 0 Å². The molecule has 0 bridgehead atoms. The van der Waals surface area contributed by atoms with E-state index in [-0.39, 0.29) is 25.7 Å². The molecule has 0 aromatic carbocycles. The monoisotopic (exact) mass is 1300 g/mol. The molecule has 0 amide bonds. The van der Waals surface area contributed by atoms with Gasteiger partial charge in [-0.05, 0) is 49.4 Å². The number of aliphatic hydroxyl groups is 1. The fourth-order valence-corrected chi connectivity index (χ4v) is 11.9. The smallest absolute Gasteiger partial charge is 0.462 e. The number of phosphoric acid groups is 2. The normalized spacial score (nSPS) is 14.3. The summed E-state index contributed by atoms with van der Waals surface area (Å²) in [6.07, 6.45) is 40.4. The molecule has 0 rings (SSSR count). The molecular weight excluding hydrogens is 1160 g/mol. The van der Waals surface area contributed by atoms with Gasteiger partial charge in [0.2, 0.25) is 0 Å². The Morgan fingerprint density at radius 1 is 0.284 bits per heavy atom. The van der Waals surface area contributed by atoms with Crippen LogP contribution in [0.4, 0.5) is 0 Å². The fraction of sp³-hybridized carbons (Fsp3) is 0.942. The van der Waals surface area contributed by atoms with Gasteiger partial charge in [-0.25, -0.2) is 9.13 Å². The number of carbonyl (C=O) groups excluding carboxylic acids is 4. The summed E-state index contributed by atoms with van der Waals surface area (Å²) in [7, 11) is -9.90. The summed E-state index contributed by atoms with van der Waals surface area (Å²) in [5.41, 5.74) is 0. The minimum Gasteiger partial charge on any atom is -0.462 e. The first kappa shape index (κ1) is 86.1. The molecular formula is C69H134O17P2. The van der Waals surface area contributed by atoms with Crippen LogP contribution in [0, 0.1) is 23.7 Å². The second-order valence-corrected chi connectivity index (χ2v) is 29.7. The van der Waals surface area contributed by atoms with Crippen LogP contribution < -0.4 is 0 Å². The van der Waals surface area contributed by atoms with Gasteiger partial charge in [-0.15, -0.1) is 0 Å². The Bertz CT molecular complexity index is 1750. The number of hydrogen-bond acceptors (Lipinski definition) is 15. The van der Waals surface area contributed by atoms with E-state index in [9.17, 15) is 43.2 Å². The Hall–Kier alpha value is -1.94. The van der Waals surface area contributed by atoms with Gasteiger partial charge >= 0.3 is 39.5 Å². The molecule has 3 unspecified atom stereocenters. The molecule has 0 aliphatic heterocycles. The number of ether oxygens (including phenoxy) is 4. The summed E-state index contributed by atoms with van der Waals surface area (Å²) >= 11 is 0. The van der Waals surface area contributed by atoms with Crippen LogP contribution in [0.15, 0.2) is 0 Å². The maximum absolute atomic E-state index is 13.0. The van der Waals surface area contributed by atoms with Crippen LogP contribution in [0.25, 0.3) is 0 Å². The van der Waals surface area contributed by atoms with Crippen LogP contribution in [0.2, 0.25) is 0 Å². The number of carbonyl (C=O) groups is 4. The lowest BCUT2D eigenvalue weighted by molar-refractivity contribution is -0.161. The standard InChI is InChI=1S/C69H134O17P2/c1-59(2)45-37-29-21-14-11-9-10-12-16-26-35-43-51-68(73)85-65(56-80-67(72)50-42-34-28-20-24-32-40-48-62(7)8)58-84-88(77,78)82-54-63(70)53-81-87(75,76)83-57-64(55-79-66(71)49-41-33-25-19-18-23-31-39-47-61(5)6)86-69(74)52-44-36-27-17-13-15-22-30-38-46-60(3)4/h59-65,70H,9-58H2,1-8H3,(H,75,76)(H,77,78)/t63?,64-,65-/m1/s1. The van der Waals surface area contributed by atoms with Crippen LogP contribution in [0.1, 0.15) is 338 Å². The molecule has 0 saturated carbocycles. The Balaban J connectivity index is 5.25. The van der Waals surface area contributed by atoms with Crippen LogP contribution in [0.5, 0.6) is 0 Å². The van der Waals surface area contributed by atoms with E-state index < -0.39 is 97.5 Å². The van der Waals surface area contributed by atoms with Crippen LogP contribution >= 0.6 is 15.6 Å². The molecule has 0 aromatic rings. The van der Waals surface area contributed by atoms with E-state index >= 15 is 0 Å². The first-order chi connectivity index (χ1) is 42.1. The Morgan fingerprint density at radius 2 is 0.477 bits per heavy atom. The number of esters is 4. The maximum Gasteiger partial charge on any atom is 0.472 e. The first-order valence-corrected chi connectivity index (χ1v) is 38.7. The minimum absolute atomic E-state index is 0.104. The van der Waals surface area contributed by atoms with Gasteiger partial charge in [0.05, 0.1) is 26.4 Å². The average Bonchev–Trinajstić information content (AvgIpc) is 3.66. The predicted molar refractivity (Wildman–Crippen MR) is 354 cm³/mol. The molecule has 88 heavy (non-hydrogen) atoms. The molecule has 0 radical (unpaired) electrons. The molecule has 0 fully saturated rings. The molecule has 3 N–H and O–H groups in total. The van der Waals surface area contributed by atoms with Crippen molar-refractivity contribution in [2.24, 2.45) is 23.7 Å². The van der Waals surface area contributed by atoms with Gasteiger partial charge in [0.25, 0.3) is 0 Å². The molecule has 0 spiro atoms. The van der Waals surface area contributed by atoms with Crippen molar-refractivity contribution in [3.8, 4) is 0 Å². The lowest BCUT2D eigenvalue weighted by Crippen LogP contribution is -2.30. The van der Waals surface area contributed by atoms with Crippen molar-refractivity contribution in [2.45, 2.75) is 356 Å². The topological polar surface area (TPSA) is 237 Å². The van der Waals surface area contributed by atoms with Crippen LogP contribution in [-0.4, -0.2) is 96.7 Å². The van der Waals surface area contributed by atoms with E-state index in [2.05, 4.69) is 55.4 Å². The molecule has 5 atom stereocenters. The second kappa shape index (κ2) is 58.8. The number of rotatable bonds is 66. The van der Waals surface area contributed by atoms with E-state index in [0.29, 0.717) is 31.6 Å². The van der Waals surface area contributed by atoms with Gasteiger partial charge in [0.1, 0.15) is 19.3 Å². The van der Waals surface area contributed by atoms with Crippen molar-refractivity contribution in [1.82, 2.24) is 0 Å². The van der Waals surface area contributed by atoms with Crippen molar-refractivity contribution >= 4 is 39.5 Å². The number of hydrogen-bond donors (Lipinski definition) is 3. The highest BCUT2D eigenvalue weighted by atomic mass is 31.2. The molecule has 0 aliphatic carbocycles. The molecule has 522 valence electrons. The molecule has 19 heteroatoms. The van der Waals surface area contributed by atoms with Gasteiger partial charge in [-0.3, -0.25) is 37.3 Å². The number of phosphoric ester groups is 2. The van der Waals surface area contributed by atoms with Crippen molar-refractivity contribution in [2.75, 3.05) is 39.6 Å². The van der Waals surface area contributed by atoms with E-state index in [1.165, 1.54) is 135 Å². The maximum atomic E-state index is 13.0. The Labute approximate surface area is 537 Å². The average molecular weight is 1300 g/mol. The molecule has 0 heterocycles. The van der Waals surface area contributed by atoms with Crippen LogP contribution in [-0.2, 0) is 65.4 Å². The largest absolute Gasteiger partial charge is 0.472 e. The Kier molecular flexibility index (Phi) is 57.6. The van der Waals surface area contributed by atoms with Crippen molar-refractivity contribution in [1.29, 1.82) is 0 Å². The van der Waals surface area contributed by atoms with Gasteiger partial charge in [0.15, 0.2) is 12.2 Å². The molecule has 0 aromatic heterocycles. The highest BCUT2D eigenvalue weighted by Crippen LogP contribution is 2.45. The van der Waals surface area contributed by atoms with E-state index in [1.54, 1.807) is 0 Å². The zero-order valence-electron chi connectivity index (χ0n) is 57.3. The highest BCUT2D eigenvalue weighted by Gasteiger charge is 2.30. The summed E-state index contributed by atoms with van der Waals surface area (Å²) in [6.45, 7) is 14.0. The van der Waals surface area contributed by atoms with E-state index in [4.69, 9.17) is 37.0 Å². The first-order valence-electron chi connectivity index (χ1n) is 35.7. The summed E-state index contributed by atoms with van der Waals surface area (Å²) in [5, 5.41) is 10.6. The third-order valence-electron chi connectivity index (χ3n) is 15.8. The number of unbranched alkanes of at least 4 members (excludes halogenated alkanes) is 32. The lowest BCUT2D eigenvalue weighted by atomic mass is 10.0. The minimum atomic E-state index is -4.95. The van der Waals surface area contributed by atoms with Gasteiger partial charge in [-0.1, -0.05) is 287 Å². The zero-order valence-corrected chi connectivity index (χ0v) is 59.1. The summed E-state index contributed by atoms with van der Waals surface area (Å²) in [4.78, 5) is 72.5. The highest BCUT2D eigenvalue weighted by molar-refractivity contribution is 7.47. The van der Waals surface area contributed by atoms with Crippen molar-refractivity contribution < 1.29 is 80.2 Å². The molecule has 17 nitrogen and oxygen atoms in total. The predicted octanol–water partition coefficient (Wildman–Crippen LogP) is 19.3. The van der Waals surface area contributed by atoms with Gasteiger partial charge in [-0.2, -0.15) is 0 Å². The number of aliphatic hydroxyl groups excluding tert-OH is 1. The van der Waals surface area contributed by atoms with Crippen molar-refractivity contribution in [3.63, 3.8) is 0 Å². The fourth-order valence-electron chi connectivity index (χ4n) is 10.3. The second-order valence-electron chi connectivity index (χ2n) is 26.8. The molecule has 0 saturated heterocycles. The third-order valence-corrected chi connectivity index (χ3v) is 17.7. The molecule has 0 aliphatic rings.